The number of rotatable bonds is 1. The fraction of sp³-hybridized carbons (Fsp3) is 0. The summed E-state index contributed by atoms with van der Waals surface area (Å²) in [5.74, 6) is -0.912. The number of hydrogen-bond acceptors (Lipinski definition) is 2. The quantitative estimate of drug-likeness (QED) is 0.504. The van der Waals surface area contributed by atoms with E-state index in [1.165, 1.54) is 0 Å². The van der Waals surface area contributed by atoms with Crippen LogP contribution >= 0.6 is 0 Å². The molecule has 3 N–H and O–H groups in total. The lowest BCUT2D eigenvalue weighted by molar-refractivity contribution is 0.0697. The normalized spacial score (nSPS) is 10.9. The Morgan fingerprint density at radius 1 is 0.944 bits per heavy atom. The van der Waals surface area contributed by atoms with Crippen LogP contribution in [-0.4, -0.2) is 11.1 Å². The average Bonchev–Trinajstić information content (AvgIpc) is 2.36. The Bertz CT molecular complexity index is 778. The second-order valence-corrected chi connectivity index (χ2v) is 4.29. The van der Waals surface area contributed by atoms with Gasteiger partial charge in [-0.3, -0.25) is 0 Å². The van der Waals surface area contributed by atoms with E-state index in [-0.39, 0.29) is 0 Å². The molecule has 0 aromatic heterocycles. The molecule has 0 atom stereocenters. The molecule has 3 nitrogen and oxygen atoms in total. The highest BCUT2D eigenvalue weighted by Gasteiger charge is 2.05. The number of nitrogens with two attached hydrogens (primary N) is 1. The standard InChI is InChI=1S/C15H11NO2/c16-14-3-1-2-10-6-12-7-11(15(17)18)5-4-9(12)8-13(10)14/h1-8H,16H2,(H,17,18). The third-order valence-corrected chi connectivity index (χ3v) is 3.12. The van der Waals surface area contributed by atoms with Gasteiger partial charge in [0, 0.05) is 11.1 Å². The van der Waals surface area contributed by atoms with Gasteiger partial charge in [-0.2, -0.15) is 0 Å². The number of nitrogen functional groups attached to an aromatic ring is 1. The summed E-state index contributed by atoms with van der Waals surface area (Å²) >= 11 is 0. The van der Waals surface area contributed by atoms with Crippen LogP contribution in [0, 0.1) is 0 Å². The Kier molecular flexibility index (Phi) is 2.20. The number of hydrogen-bond donors (Lipinski definition) is 2. The summed E-state index contributed by atoms with van der Waals surface area (Å²) < 4.78 is 0. The SMILES string of the molecule is Nc1cccc2cc3cc(C(=O)O)ccc3cc12. The van der Waals surface area contributed by atoms with Gasteiger partial charge in [-0.1, -0.05) is 18.2 Å². The molecule has 3 aromatic rings. The fourth-order valence-electron chi connectivity index (χ4n) is 2.18. The van der Waals surface area contributed by atoms with E-state index in [4.69, 9.17) is 10.8 Å². The topological polar surface area (TPSA) is 63.3 Å². The number of carbonyl (C=O) groups is 1. The molecule has 0 radical (unpaired) electrons. The summed E-state index contributed by atoms with van der Waals surface area (Å²) in [5, 5.41) is 12.9. The first kappa shape index (κ1) is 10.6. The molecule has 0 saturated carbocycles. The number of aromatic carboxylic acids is 1. The molecule has 0 aliphatic carbocycles. The molecule has 3 aromatic carbocycles. The third-order valence-electron chi connectivity index (χ3n) is 3.12. The van der Waals surface area contributed by atoms with Gasteiger partial charge in [0.05, 0.1) is 5.56 Å². The van der Waals surface area contributed by atoms with Crippen molar-refractivity contribution in [3.8, 4) is 0 Å². The molecular formula is C15H11NO2. The van der Waals surface area contributed by atoms with Crippen molar-refractivity contribution in [3.63, 3.8) is 0 Å². The monoisotopic (exact) mass is 237 g/mol. The van der Waals surface area contributed by atoms with Crippen LogP contribution < -0.4 is 5.73 Å². The molecule has 0 amide bonds. The van der Waals surface area contributed by atoms with Gasteiger partial charge in [0.15, 0.2) is 0 Å². The van der Waals surface area contributed by atoms with Crippen molar-refractivity contribution in [1.82, 2.24) is 0 Å². The van der Waals surface area contributed by atoms with Crippen molar-refractivity contribution in [2.24, 2.45) is 0 Å². The first-order valence-electron chi connectivity index (χ1n) is 5.60. The lowest BCUT2D eigenvalue weighted by atomic mass is 10.0. The Balaban J connectivity index is 2.38. The predicted molar refractivity (Wildman–Crippen MR) is 72.8 cm³/mol. The third kappa shape index (κ3) is 1.57. The average molecular weight is 237 g/mol. The molecule has 0 aliphatic rings. The van der Waals surface area contributed by atoms with Crippen LogP contribution in [0.25, 0.3) is 21.5 Å². The van der Waals surface area contributed by atoms with Crippen LogP contribution in [0.1, 0.15) is 10.4 Å². The Hall–Kier alpha value is -2.55. The smallest absolute Gasteiger partial charge is 0.335 e. The maximum Gasteiger partial charge on any atom is 0.335 e. The molecule has 0 unspecified atom stereocenters. The number of benzene rings is 3. The van der Waals surface area contributed by atoms with Crippen LogP contribution in [-0.2, 0) is 0 Å². The van der Waals surface area contributed by atoms with Crippen LogP contribution in [0.15, 0.2) is 48.5 Å². The van der Waals surface area contributed by atoms with Crippen LogP contribution in [0.2, 0.25) is 0 Å². The summed E-state index contributed by atoms with van der Waals surface area (Å²) in [5.41, 5.74) is 6.96. The van der Waals surface area contributed by atoms with Crippen LogP contribution in [0.5, 0.6) is 0 Å². The van der Waals surface area contributed by atoms with Crippen molar-refractivity contribution in [2.45, 2.75) is 0 Å². The number of fused-ring (bicyclic) bond motifs is 2. The minimum absolute atomic E-state index is 0.297. The molecule has 88 valence electrons. The van der Waals surface area contributed by atoms with Crippen molar-refractivity contribution < 1.29 is 9.90 Å². The number of carboxylic acid groups (broad SMARTS) is 1. The predicted octanol–water partition coefficient (Wildman–Crippen LogP) is 3.27. The van der Waals surface area contributed by atoms with Gasteiger partial charge in [-0.25, -0.2) is 4.79 Å². The second-order valence-electron chi connectivity index (χ2n) is 4.29. The minimum Gasteiger partial charge on any atom is -0.478 e. The van der Waals surface area contributed by atoms with Crippen molar-refractivity contribution in [3.05, 3.63) is 54.1 Å². The zero-order valence-corrected chi connectivity index (χ0v) is 9.55. The van der Waals surface area contributed by atoms with E-state index in [0.717, 1.165) is 27.2 Å². The van der Waals surface area contributed by atoms with Gasteiger partial charge < -0.3 is 10.8 Å². The van der Waals surface area contributed by atoms with E-state index in [9.17, 15) is 4.79 Å². The summed E-state index contributed by atoms with van der Waals surface area (Å²) in [6.07, 6.45) is 0. The molecule has 0 spiro atoms. The fourth-order valence-corrected chi connectivity index (χ4v) is 2.18. The van der Waals surface area contributed by atoms with Gasteiger partial charge in [0.25, 0.3) is 0 Å². The van der Waals surface area contributed by atoms with E-state index in [1.807, 2.05) is 36.4 Å². The summed E-state index contributed by atoms with van der Waals surface area (Å²) in [7, 11) is 0. The molecule has 0 bridgehead atoms. The van der Waals surface area contributed by atoms with E-state index < -0.39 is 5.97 Å². The first-order chi connectivity index (χ1) is 8.65. The van der Waals surface area contributed by atoms with Crippen LogP contribution in [0.3, 0.4) is 0 Å². The second kappa shape index (κ2) is 3.74. The largest absolute Gasteiger partial charge is 0.478 e. The maximum absolute atomic E-state index is 10.9. The molecular weight excluding hydrogens is 226 g/mol. The molecule has 3 rings (SSSR count). The first-order valence-corrected chi connectivity index (χ1v) is 5.60. The van der Waals surface area contributed by atoms with E-state index in [2.05, 4.69) is 0 Å². The van der Waals surface area contributed by atoms with Crippen molar-refractivity contribution in [2.75, 3.05) is 5.73 Å². The number of carboxylic acids is 1. The highest BCUT2D eigenvalue weighted by atomic mass is 16.4. The lowest BCUT2D eigenvalue weighted by Gasteiger charge is -2.05. The maximum atomic E-state index is 10.9. The van der Waals surface area contributed by atoms with Crippen molar-refractivity contribution in [1.29, 1.82) is 0 Å². The highest BCUT2D eigenvalue weighted by molar-refractivity contribution is 6.04. The molecule has 3 heteroatoms. The number of anilines is 1. The summed E-state index contributed by atoms with van der Waals surface area (Å²) in [4.78, 5) is 10.9. The molecule has 0 saturated heterocycles. The van der Waals surface area contributed by atoms with Gasteiger partial charge in [0.1, 0.15) is 0 Å². The molecule has 18 heavy (non-hydrogen) atoms. The zero-order chi connectivity index (χ0) is 12.7. The van der Waals surface area contributed by atoms with Gasteiger partial charge >= 0.3 is 5.97 Å². The molecule has 0 aliphatic heterocycles. The summed E-state index contributed by atoms with van der Waals surface area (Å²) in [6.45, 7) is 0. The van der Waals surface area contributed by atoms with Gasteiger partial charge in [0.2, 0.25) is 0 Å². The van der Waals surface area contributed by atoms with Crippen molar-refractivity contribution >= 4 is 33.2 Å². The van der Waals surface area contributed by atoms with E-state index in [0.29, 0.717) is 5.56 Å². The Morgan fingerprint density at radius 2 is 1.78 bits per heavy atom. The Morgan fingerprint density at radius 3 is 2.56 bits per heavy atom. The zero-order valence-electron chi connectivity index (χ0n) is 9.55. The summed E-state index contributed by atoms with van der Waals surface area (Å²) in [6, 6.07) is 14.8. The highest BCUT2D eigenvalue weighted by Crippen LogP contribution is 2.27. The lowest BCUT2D eigenvalue weighted by Crippen LogP contribution is -1.95. The van der Waals surface area contributed by atoms with Gasteiger partial charge in [-0.05, 0) is 46.5 Å². The van der Waals surface area contributed by atoms with E-state index >= 15 is 0 Å². The van der Waals surface area contributed by atoms with E-state index in [1.54, 1.807) is 12.1 Å². The van der Waals surface area contributed by atoms with Gasteiger partial charge in [-0.15, -0.1) is 0 Å². The minimum atomic E-state index is -0.912. The molecule has 0 fully saturated rings. The molecule has 0 heterocycles. The Labute approximate surface area is 103 Å². The van der Waals surface area contributed by atoms with Crippen LogP contribution in [0.4, 0.5) is 5.69 Å².